The smallest absolute Gasteiger partial charge is 0.320 e. The minimum atomic E-state index is -1.03. The van der Waals surface area contributed by atoms with E-state index in [2.05, 4.69) is 14.6 Å². The van der Waals surface area contributed by atoms with Gasteiger partial charge in [0.05, 0.1) is 19.9 Å². The zero-order valence-electron chi connectivity index (χ0n) is 10.0. The molecule has 0 aromatic carbocycles. The largest absolute Gasteiger partial charge is 0.468 e. The number of nitrogens with zero attached hydrogens (tertiary/aromatic N) is 1. The van der Waals surface area contributed by atoms with Gasteiger partial charge in [-0.25, -0.2) is 0 Å². The molecule has 1 aliphatic rings. The topological polar surface area (TPSA) is 85.2 Å². The molecular weight excluding hydrogens is 226 g/mol. The summed E-state index contributed by atoms with van der Waals surface area (Å²) < 4.78 is 9.21. The van der Waals surface area contributed by atoms with E-state index >= 15 is 0 Å². The van der Waals surface area contributed by atoms with Crippen molar-refractivity contribution < 1.29 is 24.3 Å². The van der Waals surface area contributed by atoms with Crippen molar-refractivity contribution in [2.75, 3.05) is 14.2 Å². The number of ether oxygens (including phenoxy) is 2. The van der Waals surface area contributed by atoms with E-state index in [0.29, 0.717) is 18.6 Å². The predicted molar refractivity (Wildman–Crippen MR) is 58.7 cm³/mol. The van der Waals surface area contributed by atoms with Crippen LogP contribution in [-0.2, 0) is 19.1 Å². The number of esters is 2. The van der Waals surface area contributed by atoms with Gasteiger partial charge in [-0.1, -0.05) is 11.6 Å². The number of hydrogen-bond acceptors (Lipinski definition) is 6. The number of rotatable bonds is 3. The number of oxime groups is 1. The molecule has 1 saturated carbocycles. The Morgan fingerprint density at radius 1 is 1.29 bits per heavy atom. The van der Waals surface area contributed by atoms with Gasteiger partial charge in [-0.05, 0) is 19.3 Å². The van der Waals surface area contributed by atoms with E-state index in [1.165, 1.54) is 14.2 Å². The molecule has 17 heavy (non-hydrogen) atoms. The van der Waals surface area contributed by atoms with E-state index in [-0.39, 0.29) is 0 Å². The standard InChI is InChI=1S/C11H17NO5/c1-16-10(13)9(11(14)17-2)7-5-3-4-6-8(7)12-15/h7,9,15H,3-6H2,1-2H3/b12-8+. The number of methoxy groups -OCH3 is 2. The van der Waals surface area contributed by atoms with E-state index in [4.69, 9.17) is 5.21 Å². The summed E-state index contributed by atoms with van der Waals surface area (Å²) in [6, 6.07) is 0. The van der Waals surface area contributed by atoms with Crippen LogP contribution in [0.2, 0.25) is 0 Å². The second-order valence-electron chi connectivity index (χ2n) is 3.97. The minimum absolute atomic E-state index is 0.423. The van der Waals surface area contributed by atoms with Crippen molar-refractivity contribution in [3.8, 4) is 0 Å². The fourth-order valence-electron chi connectivity index (χ4n) is 2.18. The van der Waals surface area contributed by atoms with Gasteiger partial charge in [0.1, 0.15) is 0 Å². The highest BCUT2D eigenvalue weighted by Gasteiger charge is 2.40. The lowest BCUT2D eigenvalue weighted by molar-refractivity contribution is -0.160. The van der Waals surface area contributed by atoms with E-state index in [9.17, 15) is 9.59 Å². The maximum atomic E-state index is 11.6. The summed E-state index contributed by atoms with van der Waals surface area (Å²) >= 11 is 0. The van der Waals surface area contributed by atoms with Crippen molar-refractivity contribution in [3.05, 3.63) is 0 Å². The second kappa shape index (κ2) is 6.22. The van der Waals surface area contributed by atoms with Gasteiger partial charge in [-0.2, -0.15) is 0 Å². The summed E-state index contributed by atoms with van der Waals surface area (Å²) in [6.07, 6.45) is 2.99. The summed E-state index contributed by atoms with van der Waals surface area (Å²) in [6.45, 7) is 0. The fraction of sp³-hybridized carbons (Fsp3) is 0.727. The molecule has 0 spiro atoms. The Kier molecular flexibility index (Phi) is 4.93. The summed E-state index contributed by atoms with van der Waals surface area (Å²) in [5, 5.41) is 12.1. The Hall–Kier alpha value is -1.59. The third-order valence-corrected chi connectivity index (χ3v) is 3.07. The summed E-state index contributed by atoms with van der Waals surface area (Å²) in [5.41, 5.74) is 0.469. The van der Waals surface area contributed by atoms with Gasteiger partial charge in [0.15, 0.2) is 5.92 Å². The highest BCUT2D eigenvalue weighted by atomic mass is 16.5. The third-order valence-electron chi connectivity index (χ3n) is 3.07. The van der Waals surface area contributed by atoms with Crippen molar-refractivity contribution in [3.63, 3.8) is 0 Å². The first-order valence-electron chi connectivity index (χ1n) is 5.52. The SMILES string of the molecule is COC(=O)C(C(=O)OC)C1CCCC/C1=N\O. The van der Waals surface area contributed by atoms with Gasteiger partial charge in [0, 0.05) is 5.92 Å². The van der Waals surface area contributed by atoms with Crippen LogP contribution in [0.4, 0.5) is 0 Å². The first kappa shape index (κ1) is 13.5. The molecular formula is C11H17NO5. The zero-order chi connectivity index (χ0) is 12.8. The van der Waals surface area contributed by atoms with Gasteiger partial charge in [-0.3, -0.25) is 9.59 Å². The maximum Gasteiger partial charge on any atom is 0.320 e. The molecule has 0 amide bonds. The van der Waals surface area contributed by atoms with Crippen LogP contribution >= 0.6 is 0 Å². The van der Waals surface area contributed by atoms with E-state index < -0.39 is 23.8 Å². The fourth-order valence-corrected chi connectivity index (χ4v) is 2.18. The van der Waals surface area contributed by atoms with Gasteiger partial charge < -0.3 is 14.7 Å². The number of carbonyl (C=O) groups is 2. The van der Waals surface area contributed by atoms with Crippen molar-refractivity contribution in [1.82, 2.24) is 0 Å². The number of hydrogen-bond donors (Lipinski definition) is 1. The quantitative estimate of drug-likeness (QED) is 0.345. The average Bonchev–Trinajstić information content (AvgIpc) is 2.39. The van der Waals surface area contributed by atoms with Crippen LogP contribution in [0.3, 0.4) is 0 Å². The van der Waals surface area contributed by atoms with Crippen LogP contribution in [0, 0.1) is 11.8 Å². The van der Waals surface area contributed by atoms with Crippen LogP contribution in [0.25, 0.3) is 0 Å². The lowest BCUT2D eigenvalue weighted by atomic mass is 9.78. The first-order valence-corrected chi connectivity index (χ1v) is 5.52. The van der Waals surface area contributed by atoms with E-state index in [1.807, 2.05) is 0 Å². The molecule has 96 valence electrons. The molecule has 1 fully saturated rings. The van der Waals surface area contributed by atoms with Crippen molar-refractivity contribution in [2.45, 2.75) is 25.7 Å². The Balaban J connectivity index is 2.95. The molecule has 6 heteroatoms. The van der Waals surface area contributed by atoms with Crippen molar-refractivity contribution in [1.29, 1.82) is 0 Å². The molecule has 1 aliphatic carbocycles. The van der Waals surface area contributed by atoms with Gasteiger partial charge >= 0.3 is 11.9 Å². The van der Waals surface area contributed by atoms with Crippen LogP contribution in [0.15, 0.2) is 5.16 Å². The van der Waals surface area contributed by atoms with Crippen molar-refractivity contribution in [2.24, 2.45) is 17.0 Å². The maximum absolute atomic E-state index is 11.6. The molecule has 0 heterocycles. The Bertz CT molecular complexity index is 310. The summed E-state index contributed by atoms with van der Waals surface area (Å²) in [7, 11) is 2.44. The second-order valence-corrected chi connectivity index (χ2v) is 3.97. The Labute approximate surface area is 99.6 Å². The normalized spacial score (nSPS) is 22.5. The molecule has 0 aliphatic heterocycles. The average molecular weight is 243 g/mol. The monoisotopic (exact) mass is 243 g/mol. The van der Waals surface area contributed by atoms with Crippen LogP contribution in [-0.4, -0.2) is 37.1 Å². The highest BCUT2D eigenvalue weighted by molar-refractivity contribution is 6.01. The summed E-state index contributed by atoms with van der Waals surface area (Å²) in [4.78, 5) is 23.2. The van der Waals surface area contributed by atoms with Crippen molar-refractivity contribution >= 4 is 17.7 Å². The predicted octanol–water partition coefficient (Wildman–Crippen LogP) is 0.969. The van der Waals surface area contributed by atoms with Gasteiger partial charge in [-0.15, -0.1) is 0 Å². The van der Waals surface area contributed by atoms with Crippen LogP contribution in [0.5, 0.6) is 0 Å². The Morgan fingerprint density at radius 2 is 1.88 bits per heavy atom. The van der Waals surface area contributed by atoms with Gasteiger partial charge in [0.25, 0.3) is 0 Å². The molecule has 0 bridgehead atoms. The molecule has 0 saturated heterocycles. The minimum Gasteiger partial charge on any atom is -0.468 e. The molecule has 6 nitrogen and oxygen atoms in total. The summed E-state index contributed by atoms with van der Waals surface area (Å²) in [5.74, 6) is -2.75. The third kappa shape index (κ3) is 2.95. The zero-order valence-corrected chi connectivity index (χ0v) is 10.0. The Morgan fingerprint density at radius 3 is 2.35 bits per heavy atom. The molecule has 1 N–H and O–H groups in total. The molecule has 0 aromatic rings. The lowest BCUT2D eigenvalue weighted by Crippen LogP contribution is -2.39. The van der Waals surface area contributed by atoms with Crippen LogP contribution < -0.4 is 0 Å². The molecule has 1 rings (SSSR count). The molecule has 1 atom stereocenters. The molecule has 0 radical (unpaired) electrons. The van der Waals surface area contributed by atoms with E-state index in [1.54, 1.807) is 0 Å². The molecule has 0 aromatic heterocycles. The van der Waals surface area contributed by atoms with E-state index in [0.717, 1.165) is 12.8 Å². The van der Waals surface area contributed by atoms with Gasteiger partial charge in [0.2, 0.25) is 0 Å². The molecule has 1 unspecified atom stereocenters. The highest BCUT2D eigenvalue weighted by Crippen LogP contribution is 2.29. The first-order chi connectivity index (χ1) is 8.15. The van der Waals surface area contributed by atoms with Crippen LogP contribution in [0.1, 0.15) is 25.7 Å². The lowest BCUT2D eigenvalue weighted by Gasteiger charge is -2.27. The number of carbonyl (C=O) groups excluding carboxylic acids is 2.